The summed E-state index contributed by atoms with van der Waals surface area (Å²) in [6.45, 7) is 2.79. The minimum absolute atomic E-state index is 0.664. The van der Waals surface area contributed by atoms with E-state index in [2.05, 4.69) is 54.4 Å². The minimum Gasteiger partial charge on any atom is -0.492 e. The molecule has 3 aromatic rings. The number of allylic oxidation sites excluding steroid dienone is 1. The van der Waals surface area contributed by atoms with Crippen molar-refractivity contribution >= 4 is 0 Å². The molecular weight excluding hydrogens is 332 g/mol. The van der Waals surface area contributed by atoms with Crippen molar-refractivity contribution in [3.05, 3.63) is 84.6 Å². The lowest BCUT2D eigenvalue weighted by molar-refractivity contribution is 0.323. The molecule has 3 rings (SSSR count). The molecule has 0 unspecified atom stereocenters. The van der Waals surface area contributed by atoms with Gasteiger partial charge in [0.2, 0.25) is 0 Å². The average Bonchev–Trinajstić information content (AvgIpc) is 2.74. The summed E-state index contributed by atoms with van der Waals surface area (Å²) >= 11 is 0. The van der Waals surface area contributed by atoms with Crippen molar-refractivity contribution in [2.24, 2.45) is 0 Å². The normalized spacial score (nSPS) is 10.7. The highest BCUT2D eigenvalue weighted by Gasteiger charge is 2.03. The van der Waals surface area contributed by atoms with Gasteiger partial charge < -0.3 is 4.74 Å². The Labute approximate surface area is 160 Å². The van der Waals surface area contributed by atoms with Gasteiger partial charge in [0.25, 0.3) is 0 Å². The van der Waals surface area contributed by atoms with Crippen LogP contribution >= 0.6 is 0 Å². The van der Waals surface area contributed by atoms with E-state index in [0.29, 0.717) is 12.2 Å². The van der Waals surface area contributed by atoms with Gasteiger partial charge in [0.15, 0.2) is 0 Å². The number of rotatable bonds is 7. The molecule has 0 atom stereocenters. The molecule has 1 aromatic heterocycles. The van der Waals surface area contributed by atoms with Crippen molar-refractivity contribution in [3.8, 4) is 34.2 Å². The van der Waals surface area contributed by atoms with Crippen LogP contribution in [-0.2, 0) is 0 Å². The summed E-state index contributed by atoms with van der Waals surface area (Å²) in [6, 6.07) is 21.9. The number of nitriles is 1. The molecule has 3 heteroatoms. The molecule has 0 saturated carbocycles. The second-order valence-corrected chi connectivity index (χ2v) is 6.16. The maximum absolute atomic E-state index is 8.89. The highest BCUT2D eigenvalue weighted by Crippen LogP contribution is 2.25. The van der Waals surface area contributed by atoms with E-state index in [1.54, 1.807) is 6.20 Å². The van der Waals surface area contributed by atoms with Gasteiger partial charge in [0, 0.05) is 5.56 Å². The molecule has 0 aliphatic rings. The van der Waals surface area contributed by atoms with Gasteiger partial charge in [-0.3, -0.25) is 4.98 Å². The molecule has 0 bridgehead atoms. The Kier molecular flexibility index (Phi) is 6.38. The van der Waals surface area contributed by atoms with Gasteiger partial charge in [0.05, 0.1) is 30.1 Å². The SMILES string of the molecule is CC/C=C\CCOc1ccc(-c2ccc(-c3ccc(C#N)cc3)cc2)nc1. The van der Waals surface area contributed by atoms with Gasteiger partial charge >= 0.3 is 0 Å². The Morgan fingerprint density at radius 1 is 0.889 bits per heavy atom. The summed E-state index contributed by atoms with van der Waals surface area (Å²) in [7, 11) is 0. The summed E-state index contributed by atoms with van der Waals surface area (Å²) in [5.74, 6) is 0.790. The zero-order valence-electron chi connectivity index (χ0n) is 15.4. The first-order valence-corrected chi connectivity index (χ1v) is 9.15. The number of pyridine rings is 1. The van der Waals surface area contributed by atoms with Crippen molar-refractivity contribution in [1.82, 2.24) is 4.98 Å². The summed E-state index contributed by atoms with van der Waals surface area (Å²) in [6.07, 6.45) is 8.02. The van der Waals surface area contributed by atoms with E-state index in [4.69, 9.17) is 10.00 Å². The summed E-state index contributed by atoms with van der Waals surface area (Å²) < 4.78 is 5.70. The average molecular weight is 354 g/mol. The van der Waals surface area contributed by atoms with E-state index >= 15 is 0 Å². The molecule has 0 radical (unpaired) electrons. The van der Waals surface area contributed by atoms with Gasteiger partial charge in [-0.15, -0.1) is 0 Å². The highest BCUT2D eigenvalue weighted by atomic mass is 16.5. The van der Waals surface area contributed by atoms with Crippen molar-refractivity contribution in [1.29, 1.82) is 5.26 Å². The second-order valence-electron chi connectivity index (χ2n) is 6.16. The van der Waals surface area contributed by atoms with Crippen molar-refractivity contribution < 1.29 is 4.74 Å². The third-order valence-electron chi connectivity index (χ3n) is 4.22. The maximum Gasteiger partial charge on any atom is 0.137 e. The van der Waals surface area contributed by atoms with Gasteiger partial charge in [-0.1, -0.05) is 55.5 Å². The summed E-state index contributed by atoms with van der Waals surface area (Å²) in [4.78, 5) is 4.51. The standard InChI is InChI=1S/C24H22N2O/c1-2-3-4-5-16-27-23-14-15-24(26-18-23)22-12-10-21(11-13-22)20-8-6-19(17-25)7-9-20/h3-4,6-15,18H,2,5,16H2,1H3/b4-3-. The third-order valence-corrected chi connectivity index (χ3v) is 4.22. The van der Waals surface area contributed by atoms with Crippen LogP contribution in [0.5, 0.6) is 5.75 Å². The Morgan fingerprint density at radius 3 is 2.15 bits per heavy atom. The lowest BCUT2D eigenvalue weighted by atomic mass is 10.0. The molecule has 2 aromatic carbocycles. The summed E-state index contributed by atoms with van der Waals surface area (Å²) in [5.41, 5.74) is 4.85. The molecule has 0 fully saturated rings. The summed E-state index contributed by atoms with van der Waals surface area (Å²) in [5, 5.41) is 8.89. The van der Waals surface area contributed by atoms with Crippen LogP contribution in [0.3, 0.4) is 0 Å². The van der Waals surface area contributed by atoms with E-state index in [1.165, 1.54) is 0 Å². The topological polar surface area (TPSA) is 45.9 Å². The van der Waals surface area contributed by atoms with Crippen molar-refractivity contribution in [3.63, 3.8) is 0 Å². The van der Waals surface area contributed by atoms with Gasteiger partial charge in [-0.05, 0) is 48.2 Å². The largest absolute Gasteiger partial charge is 0.492 e. The predicted octanol–water partition coefficient (Wildman–Crippen LogP) is 6.02. The number of aromatic nitrogens is 1. The first-order valence-electron chi connectivity index (χ1n) is 9.15. The first-order chi connectivity index (χ1) is 13.3. The zero-order valence-corrected chi connectivity index (χ0v) is 15.4. The van der Waals surface area contributed by atoms with Crippen LogP contribution in [0.4, 0.5) is 0 Å². The second kappa shape index (κ2) is 9.35. The molecule has 27 heavy (non-hydrogen) atoms. The maximum atomic E-state index is 8.89. The molecule has 0 N–H and O–H groups in total. The quantitative estimate of drug-likeness (QED) is 0.385. The number of ether oxygens (including phenoxy) is 1. The van der Waals surface area contributed by atoms with E-state index in [1.807, 2.05) is 36.4 Å². The molecule has 1 heterocycles. The lowest BCUT2D eigenvalue weighted by Gasteiger charge is -2.07. The van der Waals surface area contributed by atoms with E-state index in [-0.39, 0.29) is 0 Å². The van der Waals surface area contributed by atoms with Crippen molar-refractivity contribution in [2.45, 2.75) is 19.8 Å². The number of hydrogen-bond donors (Lipinski definition) is 0. The fraction of sp³-hybridized carbons (Fsp3) is 0.167. The Balaban J connectivity index is 1.64. The van der Waals surface area contributed by atoms with Crippen LogP contribution in [-0.4, -0.2) is 11.6 Å². The molecule has 3 nitrogen and oxygen atoms in total. The Hall–Kier alpha value is -3.38. The third kappa shape index (κ3) is 5.05. The van der Waals surface area contributed by atoms with Crippen LogP contribution < -0.4 is 4.74 Å². The minimum atomic E-state index is 0.664. The van der Waals surface area contributed by atoms with E-state index < -0.39 is 0 Å². The van der Waals surface area contributed by atoms with Crippen molar-refractivity contribution in [2.75, 3.05) is 6.61 Å². The van der Waals surface area contributed by atoms with Crippen LogP contribution in [0.25, 0.3) is 22.4 Å². The smallest absolute Gasteiger partial charge is 0.137 e. The monoisotopic (exact) mass is 354 g/mol. The van der Waals surface area contributed by atoms with Gasteiger partial charge in [-0.25, -0.2) is 0 Å². The molecule has 134 valence electrons. The zero-order chi connectivity index (χ0) is 18.9. The Bertz CT molecular complexity index is 918. The number of hydrogen-bond acceptors (Lipinski definition) is 3. The van der Waals surface area contributed by atoms with Crippen LogP contribution in [0.2, 0.25) is 0 Å². The van der Waals surface area contributed by atoms with Gasteiger partial charge in [-0.2, -0.15) is 5.26 Å². The molecule has 0 amide bonds. The number of benzene rings is 2. The first kappa shape index (κ1) is 18.4. The molecule has 0 aliphatic heterocycles. The number of nitrogens with zero attached hydrogens (tertiary/aromatic N) is 2. The molecule has 0 saturated heterocycles. The molecule has 0 aliphatic carbocycles. The molecule has 0 spiro atoms. The fourth-order valence-electron chi connectivity index (χ4n) is 2.74. The molecular formula is C24H22N2O. The highest BCUT2D eigenvalue weighted by molar-refractivity contribution is 5.69. The van der Waals surface area contributed by atoms with Crippen LogP contribution in [0, 0.1) is 11.3 Å². The lowest BCUT2D eigenvalue weighted by Crippen LogP contribution is -1.96. The van der Waals surface area contributed by atoms with E-state index in [0.717, 1.165) is 41.0 Å². The van der Waals surface area contributed by atoms with Crippen LogP contribution in [0.15, 0.2) is 79.0 Å². The fourth-order valence-corrected chi connectivity index (χ4v) is 2.74. The Morgan fingerprint density at radius 2 is 1.56 bits per heavy atom. The van der Waals surface area contributed by atoms with E-state index in [9.17, 15) is 0 Å². The van der Waals surface area contributed by atoms with Crippen LogP contribution in [0.1, 0.15) is 25.3 Å². The van der Waals surface area contributed by atoms with Gasteiger partial charge in [0.1, 0.15) is 5.75 Å². The predicted molar refractivity (Wildman–Crippen MR) is 109 cm³/mol.